The van der Waals surface area contributed by atoms with Crippen LogP contribution in [0.2, 0.25) is 0 Å². The van der Waals surface area contributed by atoms with Crippen LogP contribution in [-0.4, -0.2) is 35.2 Å². The Labute approximate surface area is 108 Å². The number of nitrogens with one attached hydrogen (secondary N) is 2. The Morgan fingerprint density at radius 3 is 2.39 bits per heavy atom. The first-order chi connectivity index (χ1) is 8.20. The first-order valence-electron chi connectivity index (χ1n) is 6.55. The van der Waals surface area contributed by atoms with Gasteiger partial charge in [-0.15, -0.1) is 0 Å². The van der Waals surface area contributed by atoms with Gasteiger partial charge in [0, 0.05) is 18.4 Å². The van der Waals surface area contributed by atoms with E-state index < -0.39 is 5.54 Å². The van der Waals surface area contributed by atoms with Gasteiger partial charge in [-0.05, 0) is 34.6 Å². The monoisotopic (exact) mass is 253 g/mol. The quantitative estimate of drug-likeness (QED) is 0.681. The maximum atomic E-state index is 12.2. The molecule has 5 heteroatoms. The normalized spacial score (nSPS) is 36.5. The zero-order valence-electron chi connectivity index (χ0n) is 11.8. The Balaban J connectivity index is 2.19. The van der Waals surface area contributed by atoms with E-state index in [-0.39, 0.29) is 23.7 Å². The lowest BCUT2D eigenvalue weighted by Crippen LogP contribution is -2.50. The third kappa shape index (κ3) is 2.66. The van der Waals surface area contributed by atoms with Crippen molar-refractivity contribution in [2.75, 3.05) is 0 Å². The molecule has 0 aromatic rings. The molecular formula is C13H23N3O2. The molecule has 5 nitrogen and oxygen atoms in total. The number of guanidine groups is 1. The highest BCUT2D eigenvalue weighted by atomic mass is 16.5. The minimum Gasteiger partial charge on any atom is -0.375 e. The van der Waals surface area contributed by atoms with Gasteiger partial charge in [-0.2, -0.15) is 0 Å². The van der Waals surface area contributed by atoms with Crippen molar-refractivity contribution in [3.8, 4) is 0 Å². The second kappa shape index (κ2) is 4.23. The summed E-state index contributed by atoms with van der Waals surface area (Å²) in [5.74, 6) is 0.588. The minimum absolute atomic E-state index is 0.00347. The van der Waals surface area contributed by atoms with E-state index in [1.54, 1.807) is 0 Å². The minimum atomic E-state index is -0.634. The average molecular weight is 253 g/mol. The molecule has 1 saturated heterocycles. The van der Waals surface area contributed by atoms with Gasteiger partial charge in [0.05, 0.1) is 12.2 Å². The van der Waals surface area contributed by atoms with Crippen LogP contribution in [0.25, 0.3) is 0 Å². The molecule has 2 aliphatic heterocycles. The van der Waals surface area contributed by atoms with Crippen LogP contribution in [0.15, 0.2) is 4.99 Å². The van der Waals surface area contributed by atoms with Gasteiger partial charge in [0.2, 0.25) is 0 Å². The van der Waals surface area contributed by atoms with Crippen LogP contribution >= 0.6 is 0 Å². The molecule has 1 amide bonds. The van der Waals surface area contributed by atoms with Crippen LogP contribution in [0.1, 0.15) is 47.5 Å². The predicted molar refractivity (Wildman–Crippen MR) is 70.4 cm³/mol. The predicted octanol–water partition coefficient (Wildman–Crippen LogP) is 1.19. The summed E-state index contributed by atoms with van der Waals surface area (Å²) < 4.78 is 5.69. The molecule has 0 aliphatic carbocycles. The smallest absolute Gasteiger partial charge is 0.254 e. The summed E-state index contributed by atoms with van der Waals surface area (Å²) in [7, 11) is 0. The highest BCUT2D eigenvalue weighted by Gasteiger charge is 2.49. The lowest BCUT2D eigenvalue weighted by molar-refractivity contribution is -0.132. The fraction of sp³-hybridized carbons (Fsp3) is 0.846. The lowest BCUT2D eigenvalue weighted by Gasteiger charge is -2.36. The van der Waals surface area contributed by atoms with Crippen molar-refractivity contribution in [3.63, 3.8) is 0 Å². The van der Waals surface area contributed by atoms with Gasteiger partial charge in [-0.3, -0.25) is 10.1 Å². The molecular weight excluding hydrogens is 230 g/mol. The number of carbonyl (C=O) groups excluding carboxylic acids is 1. The average Bonchev–Trinajstić information content (AvgIpc) is 2.36. The molecule has 0 saturated carbocycles. The van der Waals surface area contributed by atoms with E-state index in [1.807, 2.05) is 34.6 Å². The largest absolute Gasteiger partial charge is 0.375 e. The number of hydrogen-bond acceptors (Lipinski definition) is 4. The molecule has 0 aromatic carbocycles. The molecule has 2 unspecified atom stereocenters. The maximum absolute atomic E-state index is 12.2. The fourth-order valence-electron chi connectivity index (χ4n) is 2.73. The Hall–Kier alpha value is -1.10. The van der Waals surface area contributed by atoms with Gasteiger partial charge >= 0.3 is 0 Å². The summed E-state index contributed by atoms with van der Waals surface area (Å²) in [5, 5.41) is 6.08. The zero-order chi connectivity index (χ0) is 13.6. The second-order valence-corrected chi connectivity index (χ2v) is 6.49. The van der Waals surface area contributed by atoms with Crippen LogP contribution in [0, 0.1) is 0 Å². The number of ether oxygens (including phenoxy) is 1. The molecule has 1 spiro atoms. The van der Waals surface area contributed by atoms with Gasteiger partial charge in [-0.1, -0.05) is 0 Å². The zero-order valence-corrected chi connectivity index (χ0v) is 11.8. The van der Waals surface area contributed by atoms with Crippen molar-refractivity contribution < 1.29 is 9.53 Å². The Bertz CT molecular complexity index is 374. The van der Waals surface area contributed by atoms with Crippen LogP contribution in [-0.2, 0) is 9.53 Å². The van der Waals surface area contributed by atoms with Crippen LogP contribution < -0.4 is 10.6 Å². The van der Waals surface area contributed by atoms with E-state index in [0.29, 0.717) is 18.8 Å². The second-order valence-electron chi connectivity index (χ2n) is 6.49. The van der Waals surface area contributed by atoms with Crippen LogP contribution in [0.3, 0.4) is 0 Å². The standard InChI is InChI=1S/C13H23N3O2/c1-8-6-13(7-9(2)18-8)10(17)14-11(16-13)15-12(3,4)5/h8-9H,6-7H2,1-5H3,(H2,14,15,16,17). The van der Waals surface area contributed by atoms with Crippen LogP contribution in [0.5, 0.6) is 0 Å². The van der Waals surface area contributed by atoms with E-state index in [0.717, 1.165) is 0 Å². The lowest BCUT2D eigenvalue weighted by atomic mass is 9.84. The van der Waals surface area contributed by atoms with E-state index in [4.69, 9.17) is 4.74 Å². The topological polar surface area (TPSA) is 62.7 Å². The van der Waals surface area contributed by atoms with Crippen molar-refractivity contribution in [1.29, 1.82) is 0 Å². The summed E-state index contributed by atoms with van der Waals surface area (Å²) >= 11 is 0. The SMILES string of the molecule is CC1CC2(CC(C)O1)N=C(NC(C)(C)C)NC2=O. The summed E-state index contributed by atoms with van der Waals surface area (Å²) in [4.78, 5) is 16.8. The third-order valence-corrected chi connectivity index (χ3v) is 3.19. The summed E-state index contributed by atoms with van der Waals surface area (Å²) in [6.45, 7) is 10.1. The molecule has 0 bridgehead atoms. The summed E-state index contributed by atoms with van der Waals surface area (Å²) in [5.41, 5.74) is -0.745. The third-order valence-electron chi connectivity index (χ3n) is 3.19. The fourth-order valence-corrected chi connectivity index (χ4v) is 2.73. The van der Waals surface area contributed by atoms with Gasteiger partial charge in [-0.25, -0.2) is 4.99 Å². The van der Waals surface area contributed by atoms with Crippen molar-refractivity contribution in [2.24, 2.45) is 4.99 Å². The van der Waals surface area contributed by atoms with Gasteiger partial charge < -0.3 is 10.1 Å². The maximum Gasteiger partial charge on any atom is 0.254 e. The Kier molecular flexibility index (Phi) is 3.13. The van der Waals surface area contributed by atoms with Crippen molar-refractivity contribution in [1.82, 2.24) is 10.6 Å². The first kappa shape index (κ1) is 13.3. The Morgan fingerprint density at radius 1 is 1.33 bits per heavy atom. The molecule has 0 aromatic heterocycles. The molecule has 2 heterocycles. The number of rotatable bonds is 0. The first-order valence-corrected chi connectivity index (χ1v) is 6.55. The number of carbonyl (C=O) groups is 1. The summed E-state index contributed by atoms with van der Waals surface area (Å²) in [6.07, 6.45) is 1.44. The molecule has 2 N–H and O–H groups in total. The summed E-state index contributed by atoms with van der Waals surface area (Å²) in [6, 6.07) is 0. The number of nitrogens with zero attached hydrogens (tertiary/aromatic N) is 1. The molecule has 102 valence electrons. The number of amides is 1. The Morgan fingerprint density at radius 2 is 1.89 bits per heavy atom. The van der Waals surface area contributed by atoms with Crippen molar-refractivity contribution >= 4 is 11.9 Å². The van der Waals surface area contributed by atoms with E-state index in [9.17, 15) is 4.79 Å². The van der Waals surface area contributed by atoms with E-state index in [2.05, 4.69) is 15.6 Å². The van der Waals surface area contributed by atoms with E-state index >= 15 is 0 Å². The van der Waals surface area contributed by atoms with E-state index in [1.165, 1.54) is 0 Å². The van der Waals surface area contributed by atoms with Gasteiger partial charge in [0.15, 0.2) is 5.96 Å². The molecule has 18 heavy (non-hydrogen) atoms. The number of hydrogen-bond donors (Lipinski definition) is 2. The molecule has 0 radical (unpaired) electrons. The highest BCUT2D eigenvalue weighted by molar-refractivity contribution is 6.07. The van der Waals surface area contributed by atoms with Crippen LogP contribution in [0.4, 0.5) is 0 Å². The number of aliphatic imine (C=N–C) groups is 1. The molecule has 1 fully saturated rings. The van der Waals surface area contributed by atoms with Gasteiger partial charge in [0.25, 0.3) is 5.91 Å². The molecule has 2 atom stereocenters. The molecule has 2 aliphatic rings. The van der Waals surface area contributed by atoms with Gasteiger partial charge in [0.1, 0.15) is 5.54 Å². The molecule has 2 rings (SSSR count). The van der Waals surface area contributed by atoms with Crippen molar-refractivity contribution in [2.45, 2.75) is 70.7 Å². The highest BCUT2D eigenvalue weighted by Crippen LogP contribution is 2.34. The van der Waals surface area contributed by atoms with Crippen molar-refractivity contribution in [3.05, 3.63) is 0 Å².